The molecule has 3 N–H and O–H groups in total. The molecule has 0 aromatic carbocycles. The molecule has 0 aromatic heterocycles. The summed E-state index contributed by atoms with van der Waals surface area (Å²) in [5, 5.41) is 20.3. The molecule has 2 atom stereocenters. The van der Waals surface area contributed by atoms with Crippen LogP contribution >= 0.6 is 0 Å². The molecule has 17 heavy (non-hydrogen) atoms. The molecule has 2 amide bonds. The van der Waals surface area contributed by atoms with Crippen LogP contribution in [0.1, 0.15) is 6.92 Å². The van der Waals surface area contributed by atoms with Crippen LogP contribution in [0.25, 0.3) is 0 Å². The van der Waals surface area contributed by atoms with Crippen LogP contribution in [-0.2, 0) is 9.53 Å². The first-order valence-electron chi connectivity index (χ1n) is 5.52. The number of hydrogen-bond acceptors (Lipinski definition) is 4. The van der Waals surface area contributed by atoms with Gasteiger partial charge in [0, 0.05) is 13.1 Å². The topological polar surface area (TPSA) is 99.1 Å². The molecule has 0 aliphatic carbocycles. The molecule has 0 spiro atoms. The number of carboxylic acids is 1. The van der Waals surface area contributed by atoms with Gasteiger partial charge in [-0.15, -0.1) is 0 Å². The van der Waals surface area contributed by atoms with E-state index < -0.39 is 11.9 Å². The maximum atomic E-state index is 11.7. The van der Waals surface area contributed by atoms with Crippen LogP contribution < -0.4 is 5.32 Å². The third-order valence-electron chi connectivity index (χ3n) is 2.68. The van der Waals surface area contributed by atoms with E-state index in [-0.39, 0.29) is 25.2 Å². The molecule has 0 aromatic rings. The van der Waals surface area contributed by atoms with Gasteiger partial charge in [-0.25, -0.2) is 4.79 Å². The van der Waals surface area contributed by atoms with Gasteiger partial charge >= 0.3 is 12.0 Å². The Hall–Kier alpha value is -1.34. The SMILES string of the molecule is CC(CNC(=O)N1CCOCC1CO)C(=O)O. The van der Waals surface area contributed by atoms with Crippen molar-refractivity contribution in [1.29, 1.82) is 0 Å². The lowest BCUT2D eigenvalue weighted by Gasteiger charge is -2.34. The molecule has 0 saturated carbocycles. The van der Waals surface area contributed by atoms with Crippen molar-refractivity contribution in [2.24, 2.45) is 5.92 Å². The summed E-state index contributed by atoms with van der Waals surface area (Å²) >= 11 is 0. The molecular formula is C10H18N2O5. The van der Waals surface area contributed by atoms with E-state index in [0.717, 1.165) is 0 Å². The number of hydrogen-bond donors (Lipinski definition) is 3. The number of carboxylic acid groups (broad SMARTS) is 1. The Morgan fingerprint density at radius 1 is 1.59 bits per heavy atom. The summed E-state index contributed by atoms with van der Waals surface area (Å²) in [7, 11) is 0. The molecule has 98 valence electrons. The maximum Gasteiger partial charge on any atom is 0.317 e. The highest BCUT2D eigenvalue weighted by molar-refractivity contribution is 5.76. The van der Waals surface area contributed by atoms with Crippen molar-refractivity contribution in [1.82, 2.24) is 10.2 Å². The van der Waals surface area contributed by atoms with Crippen molar-refractivity contribution < 1.29 is 24.5 Å². The third kappa shape index (κ3) is 3.86. The molecule has 1 aliphatic rings. The fourth-order valence-corrected chi connectivity index (χ4v) is 1.50. The number of nitrogens with one attached hydrogen (secondary N) is 1. The lowest BCUT2D eigenvalue weighted by atomic mass is 10.2. The Morgan fingerprint density at radius 3 is 2.88 bits per heavy atom. The summed E-state index contributed by atoms with van der Waals surface area (Å²) in [6.45, 7) is 2.56. The third-order valence-corrected chi connectivity index (χ3v) is 2.68. The van der Waals surface area contributed by atoms with E-state index in [2.05, 4.69) is 5.32 Å². The Morgan fingerprint density at radius 2 is 2.29 bits per heavy atom. The van der Waals surface area contributed by atoms with Crippen molar-refractivity contribution in [3.8, 4) is 0 Å². The lowest BCUT2D eigenvalue weighted by molar-refractivity contribution is -0.140. The maximum absolute atomic E-state index is 11.7. The van der Waals surface area contributed by atoms with Crippen LogP contribution in [0.2, 0.25) is 0 Å². The zero-order chi connectivity index (χ0) is 12.8. The number of amides is 2. The van der Waals surface area contributed by atoms with Gasteiger partial charge in [0.2, 0.25) is 0 Å². The molecule has 1 saturated heterocycles. The van der Waals surface area contributed by atoms with Crippen LogP contribution in [0.3, 0.4) is 0 Å². The number of aliphatic hydroxyl groups is 1. The van der Waals surface area contributed by atoms with Gasteiger partial charge < -0.3 is 25.2 Å². The Labute approximate surface area is 99.4 Å². The van der Waals surface area contributed by atoms with Crippen molar-refractivity contribution in [3.63, 3.8) is 0 Å². The first-order chi connectivity index (χ1) is 8.06. The van der Waals surface area contributed by atoms with Crippen molar-refractivity contribution >= 4 is 12.0 Å². The second-order valence-electron chi connectivity index (χ2n) is 4.03. The number of carbonyl (C=O) groups excluding carboxylic acids is 1. The van der Waals surface area contributed by atoms with Gasteiger partial charge in [0.25, 0.3) is 0 Å². The fraction of sp³-hybridized carbons (Fsp3) is 0.800. The minimum absolute atomic E-state index is 0.0731. The van der Waals surface area contributed by atoms with Crippen molar-refractivity contribution in [3.05, 3.63) is 0 Å². The largest absolute Gasteiger partial charge is 0.481 e. The smallest absolute Gasteiger partial charge is 0.317 e. The molecule has 1 heterocycles. The van der Waals surface area contributed by atoms with E-state index in [1.807, 2.05) is 0 Å². The predicted molar refractivity (Wildman–Crippen MR) is 58.6 cm³/mol. The number of morpholine rings is 1. The highest BCUT2D eigenvalue weighted by Crippen LogP contribution is 2.06. The summed E-state index contributed by atoms with van der Waals surface area (Å²) in [6.07, 6.45) is 0. The number of rotatable bonds is 4. The molecule has 0 radical (unpaired) electrons. The fourth-order valence-electron chi connectivity index (χ4n) is 1.50. The summed E-state index contributed by atoms with van der Waals surface area (Å²) in [5.41, 5.74) is 0. The van der Waals surface area contributed by atoms with Crippen LogP contribution in [-0.4, -0.2) is 66.1 Å². The highest BCUT2D eigenvalue weighted by Gasteiger charge is 2.27. The molecule has 1 fully saturated rings. The van der Waals surface area contributed by atoms with E-state index in [1.165, 1.54) is 11.8 Å². The van der Waals surface area contributed by atoms with Crippen LogP contribution in [0, 0.1) is 5.92 Å². The molecule has 1 rings (SSSR count). The summed E-state index contributed by atoms with van der Waals surface area (Å²) in [5.74, 6) is -1.58. The lowest BCUT2D eigenvalue weighted by Crippen LogP contribution is -2.54. The van der Waals surface area contributed by atoms with Gasteiger partial charge in [-0.1, -0.05) is 6.92 Å². The number of nitrogens with zero attached hydrogens (tertiary/aromatic N) is 1. The minimum atomic E-state index is -0.953. The van der Waals surface area contributed by atoms with Crippen LogP contribution in [0.5, 0.6) is 0 Å². The van der Waals surface area contributed by atoms with E-state index in [4.69, 9.17) is 14.9 Å². The Kier molecular flexibility index (Phi) is 5.17. The van der Waals surface area contributed by atoms with E-state index in [9.17, 15) is 9.59 Å². The summed E-state index contributed by atoms with van der Waals surface area (Å²) in [6, 6.07) is -0.718. The Bertz CT molecular complexity index is 284. The zero-order valence-corrected chi connectivity index (χ0v) is 9.76. The normalized spacial score (nSPS) is 22.0. The molecular weight excluding hydrogens is 228 g/mol. The average molecular weight is 246 g/mol. The van der Waals surface area contributed by atoms with Gasteiger partial charge in [-0.05, 0) is 0 Å². The van der Waals surface area contributed by atoms with Gasteiger partial charge in [0.15, 0.2) is 0 Å². The van der Waals surface area contributed by atoms with Crippen molar-refractivity contribution in [2.75, 3.05) is 32.9 Å². The quantitative estimate of drug-likeness (QED) is 0.597. The Balaban J connectivity index is 2.42. The van der Waals surface area contributed by atoms with Gasteiger partial charge in [-0.3, -0.25) is 4.79 Å². The van der Waals surface area contributed by atoms with Crippen LogP contribution in [0.15, 0.2) is 0 Å². The van der Waals surface area contributed by atoms with Gasteiger partial charge in [0.1, 0.15) is 0 Å². The molecule has 0 bridgehead atoms. The first kappa shape index (κ1) is 13.7. The predicted octanol–water partition coefficient (Wildman–Crippen LogP) is -0.890. The number of ether oxygens (including phenoxy) is 1. The highest BCUT2D eigenvalue weighted by atomic mass is 16.5. The standard InChI is InChI=1S/C10H18N2O5/c1-7(9(14)15)4-11-10(16)12-2-3-17-6-8(12)5-13/h7-8,13H,2-6H2,1H3,(H,11,16)(H,14,15). The number of carbonyl (C=O) groups is 2. The second kappa shape index (κ2) is 6.41. The monoisotopic (exact) mass is 246 g/mol. The molecule has 1 aliphatic heterocycles. The second-order valence-corrected chi connectivity index (χ2v) is 4.03. The van der Waals surface area contributed by atoms with E-state index in [0.29, 0.717) is 19.8 Å². The molecule has 7 heteroatoms. The summed E-state index contributed by atoms with van der Waals surface area (Å²) < 4.78 is 5.14. The van der Waals surface area contributed by atoms with Crippen molar-refractivity contribution in [2.45, 2.75) is 13.0 Å². The minimum Gasteiger partial charge on any atom is -0.481 e. The first-order valence-corrected chi connectivity index (χ1v) is 5.52. The van der Waals surface area contributed by atoms with Gasteiger partial charge in [-0.2, -0.15) is 0 Å². The number of aliphatic hydroxyl groups excluding tert-OH is 1. The number of aliphatic carboxylic acids is 1. The van der Waals surface area contributed by atoms with Crippen LogP contribution in [0.4, 0.5) is 4.79 Å². The number of urea groups is 1. The molecule has 7 nitrogen and oxygen atoms in total. The van der Waals surface area contributed by atoms with Gasteiger partial charge in [0.05, 0.1) is 31.8 Å². The average Bonchev–Trinajstić information content (AvgIpc) is 2.35. The molecule has 2 unspecified atom stereocenters. The summed E-state index contributed by atoms with van der Waals surface area (Å²) in [4.78, 5) is 23.8. The zero-order valence-electron chi connectivity index (χ0n) is 9.76. The van der Waals surface area contributed by atoms with E-state index in [1.54, 1.807) is 0 Å². The van der Waals surface area contributed by atoms with E-state index >= 15 is 0 Å².